The summed E-state index contributed by atoms with van der Waals surface area (Å²) >= 11 is 0. The fourth-order valence-electron chi connectivity index (χ4n) is 3.49. The molecule has 1 aliphatic carbocycles. The monoisotopic (exact) mass is 291 g/mol. The zero-order valence-corrected chi connectivity index (χ0v) is 13.6. The van der Waals surface area contributed by atoms with Gasteiger partial charge >= 0.3 is 0 Å². The van der Waals surface area contributed by atoms with Gasteiger partial charge in [-0.3, -0.25) is 0 Å². The van der Waals surface area contributed by atoms with Gasteiger partial charge < -0.3 is 5.32 Å². The van der Waals surface area contributed by atoms with Crippen LogP contribution in [0.1, 0.15) is 51.5 Å². The number of hydrogen-bond acceptors (Lipinski definition) is 1. The maximum absolute atomic E-state index is 13.1. The van der Waals surface area contributed by atoms with E-state index in [1.807, 2.05) is 12.1 Å². The van der Waals surface area contributed by atoms with Gasteiger partial charge in [0.2, 0.25) is 0 Å². The molecule has 2 rings (SSSR count). The van der Waals surface area contributed by atoms with Crippen LogP contribution >= 0.6 is 0 Å². The van der Waals surface area contributed by atoms with E-state index in [9.17, 15) is 4.39 Å². The van der Waals surface area contributed by atoms with Gasteiger partial charge in [-0.2, -0.15) is 0 Å². The predicted octanol–water partition coefficient (Wildman–Crippen LogP) is 4.81. The number of hydrogen-bond donors (Lipinski definition) is 1. The van der Waals surface area contributed by atoms with E-state index >= 15 is 0 Å². The Morgan fingerprint density at radius 3 is 2.33 bits per heavy atom. The molecule has 0 amide bonds. The second-order valence-corrected chi connectivity index (χ2v) is 7.04. The SMILES string of the molecule is CC(C)CNCC(Cc1ccc(F)cc1)C1CCCCC1. The molecule has 0 saturated heterocycles. The summed E-state index contributed by atoms with van der Waals surface area (Å²) in [6.07, 6.45) is 7.99. The van der Waals surface area contributed by atoms with Crippen molar-refractivity contribution in [1.29, 1.82) is 0 Å². The van der Waals surface area contributed by atoms with Gasteiger partial charge in [-0.05, 0) is 55.0 Å². The zero-order chi connectivity index (χ0) is 15.1. The third-order valence-corrected chi connectivity index (χ3v) is 4.69. The molecule has 0 spiro atoms. The number of benzene rings is 1. The third-order valence-electron chi connectivity index (χ3n) is 4.69. The first-order chi connectivity index (χ1) is 10.1. The fraction of sp³-hybridized carbons (Fsp3) is 0.684. The van der Waals surface area contributed by atoms with Crippen LogP contribution in [0.5, 0.6) is 0 Å². The maximum atomic E-state index is 13.1. The van der Waals surface area contributed by atoms with E-state index in [0.717, 1.165) is 25.4 Å². The van der Waals surface area contributed by atoms with Gasteiger partial charge in [-0.25, -0.2) is 4.39 Å². The smallest absolute Gasteiger partial charge is 0.123 e. The molecule has 1 nitrogen and oxygen atoms in total. The van der Waals surface area contributed by atoms with Crippen molar-refractivity contribution in [1.82, 2.24) is 5.32 Å². The Hall–Kier alpha value is -0.890. The highest BCUT2D eigenvalue weighted by Gasteiger charge is 2.23. The van der Waals surface area contributed by atoms with Gasteiger partial charge in [-0.1, -0.05) is 58.1 Å². The van der Waals surface area contributed by atoms with E-state index in [1.54, 1.807) is 12.1 Å². The molecule has 21 heavy (non-hydrogen) atoms. The van der Waals surface area contributed by atoms with Crippen LogP contribution in [0.3, 0.4) is 0 Å². The zero-order valence-electron chi connectivity index (χ0n) is 13.6. The molecule has 2 heteroatoms. The van der Waals surface area contributed by atoms with E-state index in [1.165, 1.54) is 37.7 Å². The molecular weight excluding hydrogens is 261 g/mol. The van der Waals surface area contributed by atoms with Crippen molar-refractivity contribution >= 4 is 0 Å². The lowest BCUT2D eigenvalue weighted by molar-refractivity contribution is 0.238. The fourth-order valence-corrected chi connectivity index (χ4v) is 3.49. The van der Waals surface area contributed by atoms with Crippen molar-refractivity contribution in [2.45, 2.75) is 52.4 Å². The van der Waals surface area contributed by atoms with Crippen molar-refractivity contribution < 1.29 is 4.39 Å². The number of halogens is 1. The average molecular weight is 291 g/mol. The van der Waals surface area contributed by atoms with Crippen molar-refractivity contribution in [3.63, 3.8) is 0 Å². The lowest BCUT2D eigenvalue weighted by Gasteiger charge is -2.31. The summed E-state index contributed by atoms with van der Waals surface area (Å²) in [7, 11) is 0. The first-order valence-corrected chi connectivity index (χ1v) is 8.60. The van der Waals surface area contributed by atoms with E-state index < -0.39 is 0 Å². The molecule has 118 valence electrons. The van der Waals surface area contributed by atoms with Gasteiger partial charge in [0.1, 0.15) is 5.82 Å². The highest BCUT2D eigenvalue weighted by Crippen LogP contribution is 2.31. The highest BCUT2D eigenvalue weighted by molar-refractivity contribution is 5.17. The molecule has 0 aliphatic heterocycles. The number of nitrogens with one attached hydrogen (secondary N) is 1. The molecule has 0 bridgehead atoms. The van der Waals surface area contributed by atoms with E-state index in [-0.39, 0.29) is 5.82 Å². The molecule has 1 N–H and O–H groups in total. The molecule has 0 aromatic heterocycles. The molecule has 1 unspecified atom stereocenters. The van der Waals surface area contributed by atoms with Gasteiger partial charge in [0.05, 0.1) is 0 Å². The molecule has 1 aromatic rings. The highest BCUT2D eigenvalue weighted by atomic mass is 19.1. The lowest BCUT2D eigenvalue weighted by atomic mass is 9.77. The first-order valence-electron chi connectivity index (χ1n) is 8.60. The van der Waals surface area contributed by atoms with Crippen LogP contribution in [0.25, 0.3) is 0 Å². The minimum atomic E-state index is -0.133. The Kier molecular flexibility index (Phi) is 6.69. The molecule has 1 saturated carbocycles. The molecule has 0 radical (unpaired) electrons. The predicted molar refractivity (Wildman–Crippen MR) is 87.9 cm³/mol. The Morgan fingerprint density at radius 2 is 1.71 bits per heavy atom. The standard InChI is InChI=1S/C19H30FN/c1-15(2)13-21-14-18(17-6-4-3-5-7-17)12-16-8-10-19(20)11-9-16/h8-11,15,17-18,21H,3-7,12-14H2,1-2H3. The third kappa shape index (κ3) is 5.78. The van der Waals surface area contributed by atoms with E-state index in [2.05, 4.69) is 19.2 Å². The van der Waals surface area contributed by atoms with E-state index in [0.29, 0.717) is 11.8 Å². The normalized spacial score (nSPS) is 18.1. The summed E-state index contributed by atoms with van der Waals surface area (Å²) in [6, 6.07) is 7.09. The summed E-state index contributed by atoms with van der Waals surface area (Å²) in [5.41, 5.74) is 1.28. The van der Waals surface area contributed by atoms with Crippen LogP contribution in [0.4, 0.5) is 4.39 Å². The minimum Gasteiger partial charge on any atom is -0.316 e. The Labute approximate surface area is 129 Å². The van der Waals surface area contributed by atoms with E-state index in [4.69, 9.17) is 0 Å². The van der Waals surface area contributed by atoms with Crippen LogP contribution in [0.15, 0.2) is 24.3 Å². The van der Waals surface area contributed by atoms with Crippen molar-refractivity contribution in [2.75, 3.05) is 13.1 Å². The Morgan fingerprint density at radius 1 is 1.05 bits per heavy atom. The summed E-state index contributed by atoms with van der Waals surface area (Å²) in [6.45, 7) is 6.69. The summed E-state index contributed by atoms with van der Waals surface area (Å²) in [4.78, 5) is 0. The quantitative estimate of drug-likeness (QED) is 0.760. The molecule has 1 aromatic carbocycles. The number of rotatable bonds is 7. The van der Waals surface area contributed by atoms with Gasteiger partial charge in [0.15, 0.2) is 0 Å². The van der Waals surface area contributed by atoms with Crippen molar-refractivity contribution in [3.8, 4) is 0 Å². The summed E-state index contributed by atoms with van der Waals surface area (Å²) in [5, 5.41) is 3.64. The Bertz CT molecular complexity index is 393. The largest absolute Gasteiger partial charge is 0.316 e. The lowest BCUT2D eigenvalue weighted by Crippen LogP contribution is -2.33. The summed E-state index contributed by atoms with van der Waals surface area (Å²) < 4.78 is 13.1. The van der Waals surface area contributed by atoms with Crippen LogP contribution in [0, 0.1) is 23.6 Å². The topological polar surface area (TPSA) is 12.0 Å². The summed E-state index contributed by atoms with van der Waals surface area (Å²) in [5.74, 6) is 2.09. The second kappa shape index (κ2) is 8.53. The Balaban J connectivity index is 1.94. The van der Waals surface area contributed by atoms with Gasteiger partial charge in [-0.15, -0.1) is 0 Å². The van der Waals surface area contributed by atoms with Crippen molar-refractivity contribution in [2.24, 2.45) is 17.8 Å². The first kappa shape index (κ1) is 16.5. The van der Waals surface area contributed by atoms with Crippen LogP contribution in [0.2, 0.25) is 0 Å². The average Bonchev–Trinajstić information content (AvgIpc) is 2.49. The minimum absolute atomic E-state index is 0.133. The van der Waals surface area contributed by atoms with Gasteiger partial charge in [0, 0.05) is 0 Å². The molecule has 1 aliphatic rings. The molecule has 1 fully saturated rings. The second-order valence-electron chi connectivity index (χ2n) is 7.04. The molecule has 1 atom stereocenters. The van der Waals surface area contributed by atoms with Gasteiger partial charge in [0.25, 0.3) is 0 Å². The van der Waals surface area contributed by atoms with Crippen molar-refractivity contribution in [3.05, 3.63) is 35.6 Å². The van der Waals surface area contributed by atoms with Crippen LogP contribution in [-0.2, 0) is 6.42 Å². The van der Waals surface area contributed by atoms with Crippen LogP contribution < -0.4 is 5.32 Å². The maximum Gasteiger partial charge on any atom is 0.123 e. The molecular formula is C19H30FN. The van der Waals surface area contributed by atoms with Crippen LogP contribution in [-0.4, -0.2) is 13.1 Å². The molecule has 0 heterocycles.